The Morgan fingerprint density at radius 2 is 1.84 bits per heavy atom. The number of hydrogen-bond donors (Lipinski definition) is 2. The highest BCUT2D eigenvalue weighted by Crippen LogP contribution is 2.34. The Morgan fingerprint density at radius 3 is 2.53 bits per heavy atom. The first-order chi connectivity index (χ1) is 15.4. The lowest BCUT2D eigenvalue weighted by Crippen LogP contribution is -2.35. The third-order valence-corrected chi connectivity index (χ3v) is 4.84. The number of nitrogens with zero attached hydrogens (tertiary/aromatic N) is 1. The van der Waals surface area contributed by atoms with Gasteiger partial charge in [-0.25, -0.2) is 5.01 Å². The molecule has 0 aromatic heterocycles. The van der Waals surface area contributed by atoms with E-state index in [1.807, 2.05) is 19.9 Å². The Morgan fingerprint density at radius 1 is 1.09 bits per heavy atom. The van der Waals surface area contributed by atoms with Gasteiger partial charge in [0.2, 0.25) is 0 Å². The molecular formula is C24H26N2O6. The number of carboxylic acid groups (broad SMARTS) is 1. The quantitative estimate of drug-likeness (QED) is 0.334. The van der Waals surface area contributed by atoms with Gasteiger partial charge in [0, 0.05) is 17.5 Å². The van der Waals surface area contributed by atoms with Crippen LogP contribution in [0, 0.1) is 6.92 Å². The number of aliphatic carboxylic acids is 1. The van der Waals surface area contributed by atoms with E-state index >= 15 is 0 Å². The van der Waals surface area contributed by atoms with E-state index in [1.54, 1.807) is 36.4 Å². The zero-order valence-electron chi connectivity index (χ0n) is 18.1. The summed E-state index contributed by atoms with van der Waals surface area (Å²) in [5, 5.41) is 10.1. The number of ether oxygens (including phenoxy) is 2. The molecule has 2 N–H and O–H groups in total. The molecule has 0 aliphatic carbocycles. The highest BCUT2D eigenvalue weighted by Gasteiger charge is 2.34. The van der Waals surface area contributed by atoms with Gasteiger partial charge in [-0.15, -0.1) is 0 Å². The number of para-hydroxylation sites is 1. The van der Waals surface area contributed by atoms with Crippen LogP contribution in [-0.2, 0) is 14.4 Å². The molecular weight excluding hydrogens is 412 g/mol. The van der Waals surface area contributed by atoms with Crippen LogP contribution in [0.4, 0.5) is 5.69 Å². The lowest BCUT2D eigenvalue weighted by molar-refractivity contribution is -0.137. The van der Waals surface area contributed by atoms with E-state index in [9.17, 15) is 14.4 Å². The summed E-state index contributed by atoms with van der Waals surface area (Å²) in [7, 11) is 0. The molecule has 2 aromatic rings. The molecule has 2 amide bonds. The molecule has 1 aliphatic heterocycles. The Hall–Kier alpha value is -3.81. The fourth-order valence-electron chi connectivity index (χ4n) is 3.24. The zero-order valence-corrected chi connectivity index (χ0v) is 18.1. The monoisotopic (exact) mass is 438 g/mol. The Bertz CT molecular complexity index is 1030. The molecule has 1 saturated heterocycles. The molecule has 0 saturated carbocycles. The van der Waals surface area contributed by atoms with E-state index in [0.717, 1.165) is 6.42 Å². The number of hydrazine groups is 1. The smallest absolute Gasteiger partial charge is 0.303 e. The molecule has 168 valence electrons. The predicted molar refractivity (Wildman–Crippen MR) is 119 cm³/mol. The van der Waals surface area contributed by atoms with Crippen molar-refractivity contribution >= 4 is 29.5 Å². The minimum Gasteiger partial charge on any atom is -0.493 e. The maximum atomic E-state index is 12.9. The first kappa shape index (κ1) is 22.9. The molecule has 1 fully saturated rings. The Balaban J connectivity index is 1.92. The van der Waals surface area contributed by atoms with Gasteiger partial charge in [0.1, 0.15) is 17.1 Å². The summed E-state index contributed by atoms with van der Waals surface area (Å²) in [6, 6.07) is 12.3. The van der Waals surface area contributed by atoms with Crippen molar-refractivity contribution in [1.29, 1.82) is 0 Å². The lowest BCUT2D eigenvalue weighted by Gasteiger charge is -2.16. The molecule has 1 aliphatic rings. The molecule has 0 atom stereocenters. The second kappa shape index (κ2) is 10.5. The molecule has 3 rings (SSSR count). The van der Waals surface area contributed by atoms with Crippen molar-refractivity contribution in [1.82, 2.24) is 5.43 Å². The molecule has 0 bridgehead atoms. The fraction of sp³-hybridized carbons (Fsp3) is 0.292. The van der Waals surface area contributed by atoms with Gasteiger partial charge in [0.15, 0.2) is 0 Å². The van der Waals surface area contributed by atoms with Crippen molar-refractivity contribution in [3.05, 3.63) is 59.2 Å². The van der Waals surface area contributed by atoms with Crippen molar-refractivity contribution in [2.24, 2.45) is 0 Å². The number of nitrogens with one attached hydrogen (secondary N) is 1. The van der Waals surface area contributed by atoms with Crippen molar-refractivity contribution in [3.8, 4) is 11.5 Å². The van der Waals surface area contributed by atoms with E-state index in [1.165, 1.54) is 11.1 Å². The van der Waals surface area contributed by atoms with Crippen LogP contribution >= 0.6 is 0 Å². The third kappa shape index (κ3) is 5.26. The lowest BCUT2D eigenvalue weighted by atomic mass is 10.0. The van der Waals surface area contributed by atoms with Crippen LogP contribution < -0.4 is 19.9 Å². The largest absolute Gasteiger partial charge is 0.493 e. The average molecular weight is 438 g/mol. The van der Waals surface area contributed by atoms with E-state index in [0.29, 0.717) is 41.3 Å². The second-order valence-corrected chi connectivity index (χ2v) is 7.28. The van der Waals surface area contributed by atoms with Crippen molar-refractivity contribution in [3.63, 3.8) is 0 Å². The van der Waals surface area contributed by atoms with E-state index in [-0.39, 0.29) is 18.6 Å². The summed E-state index contributed by atoms with van der Waals surface area (Å²) in [6.07, 6.45) is 2.63. The van der Waals surface area contributed by atoms with Gasteiger partial charge in [0.05, 0.1) is 18.9 Å². The summed E-state index contributed by atoms with van der Waals surface area (Å²) in [4.78, 5) is 36.2. The molecule has 8 nitrogen and oxygen atoms in total. The van der Waals surface area contributed by atoms with Crippen LogP contribution in [-0.4, -0.2) is 36.1 Å². The average Bonchev–Trinajstić information content (AvgIpc) is 3.06. The molecule has 32 heavy (non-hydrogen) atoms. The molecule has 0 unspecified atom stereocenters. The van der Waals surface area contributed by atoms with Crippen LogP contribution in [0.3, 0.4) is 0 Å². The van der Waals surface area contributed by atoms with Crippen molar-refractivity contribution < 1.29 is 29.0 Å². The van der Waals surface area contributed by atoms with Crippen LogP contribution in [0.5, 0.6) is 11.5 Å². The van der Waals surface area contributed by atoms with Crippen LogP contribution in [0.2, 0.25) is 0 Å². The van der Waals surface area contributed by atoms with Crippen LogP contribution in [0.15, 0.2) is 48.0 Å². The highest BCUT2D eigenvalue weighted by atomic mass is 16.5. The van der Waals surface area contributed by atoms with E-state index < -0.39 is 17.8 Å². The number of anilines is 1. The summed E-state index contributed by atoms with van der Waals surface area (Å²) >= 11 is 0. The van der Waals surface area contributed by atoms with Gasteiger partial charge in [0.25, 0.3) is 11.8 Å². The topological polar surface area (TPSA) is 105 Å². The molecule has 8 heteroatoms. The number of carbonyl (C=O) groups excluding carboxylic acids is 2. The maximum absolute atomic E-state index is 12.9. The van der Waals surface area contributed by atoms with Gasteiger partial charge in [-0.3, -0.25) is 19.8 Å². The number of rotatable bonds is 10. The minimum atomic E-state index is -0.901. The van der Waals surface area contributed by atoms with Gasteiger partial charge >= 0.3 is 5.97 Å². The number of hydrogen-bond acceptors (Lipinski definition) is 5. The predicted octanol–water partition coefficient (Wildman–Crippen LogP) is 3.49. The van der Waals surface area contributed by atoms with Crippen molar-refractivity contribution in [2.75, 3.05) is 18.2 Å². The first-order valence-electron chi connectivity index (χ1n) is 10.5. The standard InChI is InChI=1S/C24H26N2O6/c1-3-13-31-20-12-11-17(22(16(20)2)32-14-7-10-21(27)28)15-19-23(29)25-26(24(19)30)18-8-5-4-6-9-18/h4-6,8-9,11-12,15H,3,7,10,13-14H2,1-2H3,(H,25,29)(H,27,28). The maximum Gasteiger partial charge on any atom is 0.303 e. The van der Waals surface area contributed by atoms with Gasteiger partial charge in [-0.2, -0.15) is 0 Å². The molecule has 0 spiro atoms. The summed E-state index contributed by atoms with van der Waals surface area (Å²) < 4.78 is 11.7. The third-order valence-electron chi connectivity index (χ3n) is 4.84. The SMILES string of the molecule is CCCOc1ccc(C=C2C(=O)NN(c3ccccc3)C2=O)c(OCCCC(=O)O)c1C. The zero-order chi connectivity index (χ0) is 23.1. The minimum absolute atomic E-state index is 0.0194. The summed E-state index contributed by atoms with van der Waals surface area (Å²) in [6.45, 7) is 4.54. The molecule has 0 radical (unpaired) electrons. The fourth-order valence-corrected chi connectivity index (χ4v) is 3.24. The van der Waals surface area contributed by atoms with Gasteiger partial charge in [-0.05, 0) is 50.1 Å². The van der Waals surface area contributed by atoms with Gasteiger partial charge in [-0.1, -0.05) is 25.1 Å². The Kier molecular flexibility index (Phi) is 7.49. The van der Waals surface area contributed by atoms with Crippen LogP contribution in [0.25, 0.3) is 6.08 Å². The first-order valence-corrected chi connectivity index (χ1v) is 10.5. The number of amides is 2. The summed E-state index contributed by atoms with van der Waals surface area (Å²) in [5.41, 5.74) is 4.36. The molecule has 2 aromatic carbocycles. The normalized spacial score (nSPS) is 14.6. The van der Waals surface area contributed by atoms with E-state index in [2.05, 4.69) is 5.43 Å². The van der Waals surface area contributed by atoms with Crippen molar-refractivity contribution in [2.45, 2.75) is 33.1 Å². The van der Waals surface area contributed by atoms with Crippen LogP contribution in [0.1, 0.15) is 37.3 Å². The highest BCUT2D eigenvalue weighted by molar-refractivity contribution is 6.31. The second-order valence-electron chi connectivity index (χ2n) is 7.28. The Labute approximate surface area is 186 Å². The molecule has 1 heterocycles. The van der Waals surface area contributed by atoms with Gasteiger partial charge < -0.3 is 14.6 Å². The number of carboxylic acids is 1. The number of carbonyl (C=O) groups is 3. The number of benzene rings is 2. The van der Waals surface area contributed by atoms with E-state index in [4.69, 9.17) is 14.6 Å². The summed E-state index contributed by atoms with van der Waals surface area (Å²) in [5.74, 6) is -0.797.